The number of amides is 1. The van der Waals surface area contributed by atoms with E-state index in [0.29, 0.717) is 31.6 Å². The number of pyridine rings is 1. The third kappa shape index (κ3) is 4.04. The molecule has 0 bridgehead atoms. The van der Waals surface area contributed by atoms with Crippen LogP contribution in [0.2, 0.25) is 5.02 Å². The maximum Gasteiger partial charge on any atom is 0.229 e. The van der Waals surface area contributed by atoms with Gasteiger partial charge in [-0.2, -0.15) is 0 Å². The molecule has 2 N–H and O–H groups in total. The summed E-state index contributed by atoms with van der Waals surface area (Å²) in [5, 5.41) is 15.9. The molecule has 33 heavy (non-hydrogen) atoms. The number of carbonyl (C=O) groups excluding carboxylic acids is 1. The van der Waals surface area contributed by atoms with Gasteiger partial charge in [-0.15, -0.1) is 0 Å². The van der Waals surface area contributed by atoms with Crippen molar-refractivity contribution in [2.75, 3.05) is 44.8 Å². The fourth-order valence-corrected chi connectivity index (χ4v) is 6.30. The molecule has 1 spiro atoms. The van der Waals surface area contributed by atoms with Gasteiger partial charge in [0.2, 0.25) is 5.91 Å². The summed E-state index contributed by atoms with van der Waals surface area (Å²) >= 11 is 6.68. The van der Waals surface area contributed by atoms with Crippen molar-refractivity contribution in [2.45, 2.75) is 43.7 Å². The Morgan fingerprint density at radius 2 is 2.03 bits per heavy atom. The summed E-state index contributed by atoms with van der Waals surface area (Å²) in [6.07, 6.45) is 5.27. The fraction of sp³-hybridized carbons (Fsp3) is 0.600. The minimum absolute atomic E-state index is 0.0345. The van der Waals surface area contributed by atoms with Crippen molar-refractivity contribution in [1.82, 2.24) is 9.88 Å². The van der Waals surface area contributed by atoms with Gasteiger partial charge in [-0.05, 0) is 73.8 Å². The van der Waals surface area contributed by atoms with Gasteiger partial charge in [0.15, 0.2) is 0 Å². The Morgan fingerprint density at radius 3 is 2.76 bits per heavy atom. The summed E-state index contributed by atoms with van der Waals surface area (Å²) in [6.45, 7) is 4.35. The molecule has 7 nitrogen and oxygen atoms in total. The number of aromatic nitrogens is 1. The van der Waals surface area contributed by atoms with E-state index in [2.05, 4.69) is 21.3 Å². The first-order valence-electron chi connectivity index (χ1n) is 12.0. The van der Waals surface area contributed by atoms with Crippen molar-refractivity contribution in [3.05, 3.63) is 35.0 Å². The first kappa shape index (κ1) is 21.7. The number of hydrogen-bond acceptors (Lipinski definition) is 6. The molecule has 4 fully saturated rings. The number of piperidine rings is 1. The fourth-order valence-electron chi connectivity index (χ4n) is 5.98. The zero-order chi connectivity index (χ0) is 22.6. The first-order valence-corrected chi connectivity index (χ1v) is 12.4. The van der Waals surface area contributed by atoms with Gasteiger partial charge >= 0.3 is 0 Å². The zero-order valence-electron chi connectivity index (χ0n) is 18.6. The van der Waals surface area contributed by atoms with Gasteiger partial charge in [0.05, 0.1) is 32.0 Å². The second-order valence-electron chi connectivity index (χ2n) is 10.2. The largest absolute Gasteiger partial charge is 0.389 e. The Bertz CT molecular complexity index is 1070. The smallest absolute Gasteiger partial charge is 0.229 e. The van der Waals surface area contributed by atoms with Crippen LogP contribution < -0.4 is 5.32 Å². The van der Waals surface area contributed by atoms with E-state index in [0.717, 1.165) is 66.7 Å². The monoisotopic (exact) mass is 471 g/mol. The molecule has 6 rings (SSSR count). The molecule has 3 saturated heterocycles. The minimum Gasteiger partial charge on any atom is -0.389 e. The molecule has 1 aromatic carbocycles. The standard InChI is InChI=1S/C25H30ClN3O4/c26-20-8-17-11-27-23(28-24(31)19-10-25(19)3-6-32-14-25)9-16(17)7-18(20)15-1-4-29(5-2-15)21-12-33-13-22(21)30/h7-9,11,15,19,21-22,30H,1-6,10,12-14H2,(H,27,28,31)/t19?,21-,22+,25?/m0/s1. The van der Waals surface area contributed by atoms with Gasteiger partial charge in [0.1, 0.15) is 5.82 Å². The van der Waals surface area contributed by atoms with E-state index >= 15 is 0 Å². The molecule has 1 amide bonds. The van der Waals surface area contributed by atoms with Gasteiger partial charge < -0.3 is 19.9 Å². The van der Waals surface area contributed by atoms with Crippen LogP contribution in [0, 0.1) is 11.3 Å². The van der Waals surface area contributed by atoms with E-state index < -0.39 is 6.10 Å². The first-order chi connectivity index (χ1) is 16.0. The highest BCUT2D eigenvalue weighted by Crippen LogP contribution is 2.58. The lowest BCUT2D eigenvalue weighted by Gasteiger charge is -2.36. The molecule has 1 saturated carbocycles. The van der Waals surface area contributed by atoms with Crippen LogP contribution in [0.15, 0.2) is 24.4 Å². The number of anilines is 1. The predicted octanol–water partition coefficient (Wildman–Crippen LogP) is 3.19. The normalized spacial score (nSPS) is 32.6. The zero-order valence-corrected chi connectivity index (χ0v) is 19.4. The molecule has 4 atom stereocenters. The van der Waals surface area contributed by atoms with Crippen molar-refractivity contribution in [3.63, 3.8) is 0 Å². The molecule has 3 aliphatic heterocycles. The van der Waals surface area contributed by atoms with Crippen LogP contribution in [0.25, 0.3) is 10.8 Å². The molecule has 1 aliphatic carbocycles. The van der Waals surface area contributed by atoms with E-state index in [4.69, 9.17) is 21.1 Å². The number of aliphatic hydroxyl groups is 1. The average Bonchev–Trinajstić information content (AvgIpc) is 3.09. The van der Waals surface area contributed by atoms with Crippen LogP contribution in [-0.4, -0.2) is 72.6 Å². The van der Waals surface area contributed by atoms with Gasteiger partial charge in [-0.25, -0.2) is 4.98 Å². The van der Waals surface area contributed by atoms with E-state index in [1.165, 1.54) is 0 Å². The number of rotatable bonds is 4. The summed E-state index contributed by atoms with van der Waals surface area (Å²) in [6, 6.07) is 6.20. The predicted molar refractivity (Wildman–Crippen MR) is 126 cm³/mol. The lowest BCUT2D eigenvalue weighted by Crippen LogP contribution is -2.46. The van der Waals surface area contributed by atoms with Gasteiger partial charge in [0.25, 0.3) is 0 Å². The van der Waals surface area contributed by atoms with Crippen LogP contribution >= 0.6 is 11.6 Å². The SMILES string of the molecule is O=C(Nc1cc2cc(C3CCN([C@H]4COC[C@H]4O)CC3)c(Cl)cc2cn1)C1CC12CCOC2. The van der Waals surface area contributed by atoms with Crippen molar-refractivity contribution in [2.24, 2.45) is 11.3 Å². The highest BCUT2D eigenvalue weighted by atomic mass is 35.5. The molecular weight excluding hydrogens is 442 g/mol. The number of ether oxygens (including phenoxy) is 2. The third-order valence-electron chi connectivity index (χ3n) is 8.19. The van der Waals surface area contributed by atoms with Gasteiger partial charge in [0, 0.05) is 34.5 Å². The summed E-state index contributed by atoms with van der Waals surface area (Å²) in [5.74, 6) is 1.04. The number of likely N-dealkylation sites (tertiary alicyclic amines) is 1. The van der Waals surface area contributed by atoms with Crippen LogP contribution in [0.3, 0.4) is 0 Å². The molecule has 0 radical (unpaired) electrons. The van der Waals surface area contributed by atoms with Crippen molar-refractivity contribution in [1.29, 1.82) is 0 Å². The highest BCUT2D eigenvalue weighted by molar-refractivity contribution is 6.32. The second kappa shape index (κ2) is 8.47. The Morgan fingerprint density at radius 1 is 1.18 bits per heavy atom. The average molecular weight is 472 g/mol. The number of nitrogens with zero attached hydrogens (tertiary/aromatic N) is 2. The van der Waals surface area contributed by atoms with E-state index in [9.17, 15) is 9.90 Å². The molecule has 2 unspecified atom stereocenters. The number of aliphatic hydroxyl groups excluding tert-OH is 1. The minimum atomic E-state index is -0.390. The van der Waals surface area contributed by atoms with Gasteiger partial charge in [-0.3, -0.25) is 9.69 Å². The van der Waals surface area contributed by atoms with Gasteiger partial charge in [-0.1, -0.05) is 11.6 Å². The summed E-state index contributed by atoms with van der Waals surface area (Å²) in [7, 11) is 0. The van der Waals surface area contributed by atoms with E-state index in [1.807, 2.05) is 12.1 Å². The lowest BCUT2D eigenvalue weighted by molar-refractivity contribution is -0.118. The lowest BCUT2D eigenvalue weighted by atomic mass is 9.87. The summed E-state index contributed by atoms with van der Waals surface area (Å²) < 4.78 is 10.9. The second-order valence-corrected chi connectivity index (χ2v) is 10.6. The Balaban J connectivity index is 1.16. The number of fused-ring (bicyclic) bond motifs is 1. The number of hydrogen-bond donors (Lipinski definition) is 2. The molecule has 176 valence electrons. The number of benzene rings is 1. The number of halogens is 1. The van der Waals surface area contributed by atoms with Crippen molar-refractivity contribution >= 4 is 34.1 Å². The van der Waals surface area contributed by atoms with E-state index in [-0.39, 0.29) is 23.3 Å². The van der Waals surface area contributed by atoms with Crippen LogP contribution in [-0.2, 0) is 14.3 Å². The van der Waals surface area contributed by atoms with Crippen molar-refractivity contribution in [3.8, 4) is 0 Å². The molecule has 1 aromatic heterocycles. The van der Waals surface area contributed by atoms with Crippen molar-refractivity contribution < 1.29 is 19.4 Å². The van der Waals surface area contributed by atoms with E-state index in [1.54, 1.807) is 6.20 Å². The highest BCUT2D eigenvalue weighted by Gasteiger charge is 2.59. The van der Waals surface area contributed by atoms with Crippen LogP contribution in [0.5, 0.6) is 0 Å². The summed E-state index contributed by atoms with van der Waals surface area (Å²) in [4.78, 5) is 19.5. The summed E-state index contributed by atoms with van der Waals surface area (Å²) in [5.41, 5.74) is 1.22. The molecule has 4 aliphatic rings. The molecule has 4 heterocycles. The van der Waals surface area contributed by atoms with Crippen LogP contribution in [0.1, 0.15) is 37.2 Å². The molecule has 2 aromatic rings. The Labute approximate surface area is 198 Å². The number of carbonyl (C=O) groups is 1. The maximum absolute atomic E-state index is 12.7. The molecular formula is C25H30ClN3O4. The number of nitrogens with one attached hydrogen (secondary N) is 1. The Kier molecular flexibility index (Phi) is 5.58. The Hall–Kier alpha value is -1.77. The topological polar surface area (TPSA) is 83.9 Å². The third-order valence-corrected chi connectivity index (χ3v) is 8.52. The molecule has 8 heteroatoms. The van der Waals surface area contributed by atoms with Crippen LogP contribution in [0.4, 0.5) is 5.82 Å². The maximum atomic E-state index is 12.7. The quantitative estimate of drug-likeness (QED) is 0.712.